The largest absolute Gasteiger partial charge is 0.451 e. The lowest BCUT2D eigenvalue weighted by atomic mass is 9.91. The molecule has 0 rings (SSSR count). The molecule has 8 heteroatoms. The fourth-order valence-electron chi connectivity index (χ4n) is 3.35. The third-order valence-electron chi connectivity index (χ3n) is 5.39. The van der Waals surface area contributed by atoms with Crippen molar-refractivity contribution in [2.45, 2.75) is 115 Å². The van der Waals surface area contributed by atoms with E-state index in [9.17, 15) is 30.0 Å². The summed E-state index contributed by atoms with van der Waals surface area (Å²) in [5.41, 5.74) is 0. The Morgan fingerprint density at radius 1 is 0.800 bits per heavy atom. The summed E-state index contributed by atoms with van der Waals surface area (Å²) in [5, 5.41) is 48.7. The Bertz CT molecular complexity index is 445. The number of aldehydes is 1. The number of unbranched alkanes of at least 4 members (excludes halogenated alkanes) is 7. The zero-order valence-electron chi connectivity index (χ0n) is 18.5. The average Bonchev–Trinajstić information content (AvgIpc) is 2.75. The van der Waals surface area contributed by atoms with Crippen LogP contribution in [0.4, 0.5) is 0 Å². The zero-order valence-corrected chi connectivity index (χ0v) is 18.5. The molecule has 8 nitrogen and oxygen atoms in total. The quantitative estimate of drug-likeness (QED) is 0.117. The van der Waals surface area contributed by atoms with E-state index < -0.39 is 49.0 Å². The monoisotopic (exact) mass is 434 g/mol. The number of aliphatic hydroxyl groups excluding tert-OH is 5. The lowest BCUT2D eigenvalue weighted by Gasteiger charge is -2.28. The molecule has 0 amide bonds. The third kappa shape index (κ3) is 11.4. The van der Waals surface area contributed by atoms with Gasteiger partial charge in [-0.2, -0.15) is 0 Å². The molecule has 2 unspecified atom stereocenters. The number of ether oxygens (including phenoxy) is 1. The summed E-state index contributed by atoms with van der Waals surface area (Å²) in [7, 11) is 0. The highest BCUT2D eigenvalue weighted by atomic mass is 16.6. The Labute approximate surface area is 180 Å². The molecule has 0 saturated carbocycles. The fraction of sp³-hybridized carbons (Fsp3) is 0.909. The Kier molecular flexibility index (Phi) is 17.0. The molecule has 0 bridgehead atoms. The maximum atomic E-state index is 12.7. The summed E-state index contributed by atoms with van der Waals surface area (Å²) >= 11 is 0. The van der Waals surface area contributed by atoms with Crippen molar-refractivity contribution in [3.8, 4) is 0 Å². The van der Waals surface area contributed by atoms with Crippen molar-refractivity contribution in [1.29, 1.82) is 0 Å². The van der Waals surface area contributed by atoms with E-state index in [0.29, 0.717) is 12.8 Å². The first-order valence-electron chi connectivity index (χ1n) is 11.3. The molecule has 0 fully saturated rings. The van der Waals surface area contributed by atoms with Crippen molar-refractivity contribution in [3.63, 3.8) is 0 Å². The first-order chi connectivity index (χ1) is 14.3. The summed E-state index contributed by atoms with van der Waals surface area (Å²) in [6, 6.07) is 0. The van der Waals surface area contributed by atoms with E-state index in [2.05, 4.69) is 13.8 Å². The van der Waals surface area contributed by atoms with Gasteiger partial charge in [0.1, 0.15) is 18.3 Å². The molecular weight excluding hydrogens is 392 g/mol. The molecule has 0 aromatic heterocycles. The van der Waals surface area contributed by atoms with Gasteiger partial charge in [-0.05, 0) is 12.8 Å². The van der Waals surface area contributed by atoms with Crippen molar-refractivity contribution < 1.29 is 39.9 Å². The molecule has 0 radical (unpaired) electrons. The minimum atomic E-state index is -1.89. The second-order valence-corrected chi connectivity index (χ2v) is 7.99. The molecule has 0 heterocycles. The number of rotatable bonds is 19. The van der Waals surface area contributed by atoms with Crippen LogP contribution in [-0.4, -0.2) is 74.9 Å². The molecular formula is C22H42O8. The van der Waals surface area contributed by atoms with Gasteiger partial charge in [-0.3, -0.25) is 9.59 Å². The van der Waals surface area contributed by atoms with Gasteiger partial charge >= 0.3 is 5.97 Å². The highest BCUT2D eigenvalue weighted by Crippen LogP contribution is 2.22. The zero-order chi connectivity index (χ0) is 22.9. The molecule has 0 aliphatic heterocycles. The summed E-state index contributed by atoms with van der Waals surface area (Å²) in [5.74, 6) is -1.64. The van der Waals surface area contributed by atoms with Gasteiger partial charge in [0.15, 0.2) is 12.4 Å². The maximum Gasteiger partial charge on any atom is 0.312 e. The number of esters is 1. The molecule has 0 aromatic rings. The van der Waals surface area contributed by atoms with Gasteiger partial charge in [-0.1, -0.05) is 71.6 Å². The normalized spacial score (nSPS) is 17.6. The molecule has 0 spiro atoms. The maximum absolute atomic E-state index is 12.7. The predicted octanol–water partition coefficient (Wildman–Crippen LogP) is 1.48. The van der Waals surface area contributed by atoms with Crippen molar-refractivity contribution in [2.75, 3.05) is 6.61 Å². The van der Waals surface area contributed by atoms with E-state index in [1.807, 2.05) is 0 Å². The summed E-state index contributed by atoms with van der Waals surface area (Å²) < 4.78 is 5.09. The molecule has 5 N–H and O–H groups in total. The third-order valence-corrected chi connectivity index (χ3v) is 5.39. The molecule has 0 aliphatic carbocycles. The number of carbonyl (C=O) groups is 2. The van der Waals surface area contributed by atoms with Crippen LogP contribution in [0.15, 0.2) is 0 Å². The molecule has 0 saturated heterocycles. The summed E-state index contributed by atoms with van der Waals surface area (Å²) in [6.45, 7) is 3.36. The van der Waals surface area contributed by atoms with E-state index in [1.54, 1.807) is 0 Å². The second-order valence-electron chi connectivity index (χ2n) is 7.99. The topological polar surface area (TPSA) is 145 Å². The van der Waals surface area contributed by atoms with Crippen LogP contribution in [0.5, 0.6) is 0 Å². The van der Waals surface area contributed by atoms with Gasteiger partial charge in [0.25, 0.3) is 0 Å². The van der Waals surface area contributed by atoms with Crippen LogP contribution in [0.1, 0.15) is 84.5 Å². The molecule has 0 aliphatic rings. The Morgan fingerprint density at radius 2 is 1.33 bits per heavy atom. The van der Waals surface area contributed by atoms with Crippen molar-refractivity contribution in [1.82, 2.24) is 0 Å². The SMILES string of the molecule is CCCCCCCC(O)C(CCCCCC)C(=O)O[C@@H](C=O)[C@@H](O)[C@H](O)[C@H](O)CO. The lowest BCUT2D eigenvalue weighted by molar-refractivity contribution is -0.175. The van der Waals surface area contributed by atoms with E-state index in [0.717, 1.165) is 57.8 Å². The first-order valence-corrected chi connectivity index (χ1v) is 11.3. The Hall–Kier alpha value is -1.06. The minimum absolute atomic E-state index is 0.168. The van der Waals surface area contributed by atoms with E-state index in [-0.39, 0.29) is 6.29 Å². The number of aliphatic hydroxyl groups is 5. The van der Waals surface area contributed by atoms with Crippen LogP contribution in [-0.2, 0) is 14.3 Å². The molecule has 30 heavy (non-hydrogen) atoms. The van der Waals surface area contributed by atoms with Crippen molar-refractivity contribution in [3.05, 3.63) is 0 Å². The summed E-state index contributed by atoms with van der Waals surface area (Å²) in [4.78, 5) is 24.0. The standard InChI is InChI=1S/C22H42O8/c1-3-5-7-9-11-13-17(25)16(12-10-8-6-4-2)22(29)30-19(15-24)21(28)20(27)18(26)14-23/h15-21,23,25-28H,3-14H2,1-2H3/t16?,17?,18-,19+,20-,21-/m1/s1. The van der Waals surface area contributed by atoms with Crippen LogP contribution in [0.3, 0.4) is 0 Å². The molecule has 178 valence electrons. The molecule has 6 atom stereocenters. The van der Waals surface area contributed by atoms with Crippen LogP contribution in [0, 0.1) is 5.92 Å². The minimum Gasteiger partial charge on any atom is -0.451 e. The van der Waals surface area contributed by atoms with Gasteiger partial charge in [-0.15, -0.1) is 0 Å². The van der Waals surface area contributed by atoms with Gasteiger partial charge < -0.3 is 30.3 Å². The highest BCUT2D eigenvalue weighted by Gasteiger charge is 2.36. The van der Waals surface area contributed by atoms with Crippen LogP contribution in [0.25, 0.3) is 0 Å². The van der Waals surface area contributed by atoms with Gasteiger partial charge in [0, 0.05) is 0 Å². The van der Waals surface area contributed by atoms with E-state index >= 15 is 0 Å². The Balaban J connectivity index is 4.98. The van der Waals surface area contributed by atoms with Gasteiger partial charge in [0.2, 0.25) is 0 Å². The van der Waals surface area contributed by atoms with Crippen molar-refractivity contribution >= 4 is 12.3 Å². The van der Waals surface area contributed by atoms with Gasteiger partial charge in [0.05, 0.1) is 18.6 Å². The average molecular weight is 435 g/mol. The lowest BCUT2D eigenvalue weighted by Crippen LogP contribution is -2.48. The van der Waals surface area contributed by atoms with Crippen LogP contribution in [0.2, 0.25) is 0 Å². The van der Waals surface area contributed by atoms with Gasteiger partial charge in [-0.25, -0.2) is 0 Å². The predicted molar refractivity (Wildman–Crippen MR) is 113 cm³/mol. The first kappa shape index (κ1) is 28.9. The molecule has 0 aromatic carbocycles. The van der Waals surface area contributed by atoms with Crippen LogP contribution >= 0.6 is 0 Å². The summed E-state index contributed by atoms with van der Waals surface area (Å²) in [6.07, 6.45) is 1.67. The smallest absolute Gasteiger partial charge is 0.312 e. The Morgan fingerprint density at radius 3 is 1.87 bits per heavy atom. The highest BCUT2D eigenvalue weighted by molar-refractivity contribution is 5.75. The number of hydrogen-bond donors (Lipinski definition) is 5. The van der Waals surface area contributed by atoms with Crippen molar-refractivity contribution in [2.24, 2.45) is 5.92 Å². The number of carbonyl (C=O) groups excluding carboxylic acids is 2. The second kappa shape index (κ2) is 17.6. The van der Waals surface area contributed by atoms with E-state index in [1.165, 1.54) is 0 Å². The number of hydrogen-bond acceptors (Lipinski definition) is 8. The van der Waals surface area contributed by atoms with Crippen LogP contribution < -0.4 is 0 Å². The fourth-order valence-corrected chi connectivity index (χ4v) is 3.35. The van der Waals surface area contributed by atoms with E-state index in [4.69, 9.17) is 9.84 Å².